The lowest BCUT2D eigenvalue weighted by molar-refractivity contribution is 0.0333. The number of hydrogen-bond donors (Lipinski definition) is 1. The summed E-state index contributed by atoms with van der Waals surface area (Å²) in [6, 6.07) is 7.73. The number of hydrogen-bond acceptors (Lipinski definition) is 5. The lowest BCUT2D eigenvalue weighted by Gasteiger charge is -2.16. The first-order valence-electron chi connectivity index (χ1n) is 10.0. The minimum absolute atomic E-state index is 0.0395. The third-order valence-corrected chi connectivity index (χ3v) is 4.74. The van der Waals surface area contributed by atoms with Crippen LogP contribution in [0.5, 0.6) is 5.75 Å². The average molecular weight is 415 g/mol. The standard InChI is InChI=1S/C21H34O6S/c1-3-5-6-7-8-9-10-11-19-12-14-20(15-13-19)26-18-21(17-25-16-4-2)27-28(22,23)24/h4,12-15,21H,2-3,5-11,16-18H2,1H3,(H,22,23,24). The molecule has 1 atom stereocenters. The van der Waals surface area contributed by atoms with E-state index in [1.54, 1.807) is 0 Å². The summed E-state index contributed by atoms with van der Waals surface area (Å²) in [6.07, 6.45) is 10.6. The maximum absolute atomic E-state index is 10.9. The first-order chi connectivity index (χ1) is 13.4. The molecule has 0 aliphatic rings. The van der Waals surface area contributed by atoms with Gasteiger partial charge in [0.05, 0.1) is 13.2 Å². The topological polar surface area (TPSA) is 82.1 Å². The van der Waals surface area contributed by atoms with Gasteiger partial charge >= 0.3 is 10.4 Å². The number of aryl methyl sites for hydroxylation is 1. The second-order valence-corrected chi connectivity index (χ2v) is 7.85. The third kappa shape index (κ3) is 12.9. The minimum Gasteiger partial charge on any atom is -0.491 e. The van der Waals surface area contributed by atoms with E-state index in [1.165, 1.54) is 56.6 Å². The molecule has 0 aromatic heterocycles. The number of benzene rings is 1. The molecule has 1 aromatic rings. The van der Waals surface area contributed by atoms with E-state index in [2.05, 4.69) is 17.7 Å². The molecule has 6 nitrogen and oxygen atoms in total. The Morgan fingerprint density at radius 3 is 2.29 bits per heavy atom. The first-order valence-corrected chi connectivity index (χ1v) is 11.4. The molecule has 160 valence electrons. The van der Waals surface area contributed by atoms with Gasteiger partial charge in [-0.3, -0.25) is 4.55 Å². The van der Waals surface area contributed by atoms with Crippen LogP contribution < -0.4 is 4.74 Å². The lowest BCUT2D eigenvalue weighted by Crippen LogP contribution is -2.29. The fourth-order valence-electron chi connectivity index (χ4n) is 2.79. The van der Waals surface area contributed by atoms with Gasteiger partial charge < -0.3 is 9.47 Å². The van der Waals surface area contributed by atoms with Crippen molar-refractivity contribution >= 4 is 10.4 Å². The van der Waals surface area contributed by atoms with Gasteiger partial charge in [-0.1, -0.05) is 63.7 Å². The summed E-state index contributed by atoms with van der Waals surface area (Å²) < 4.78 is 46.1. The molecular formula is C21H34O6S. The number of ether oxygens (including phenoxy) is 2. The smallest absolute Gasteiger partial charge is 0.397 e. The number of unbranched alkanes of at least 4 members (excludes halogenated alkanes) is 6. The van der Waals surface area contributed by atoms with Crippen molar-refractivity contribution in [2.24, 2.45) is 0 Å². The molecule has 0 amide bonds. The van der Waals surface area contributed by atoms with Crippen LogP contribution in [0.3, 0.4) is 0 Å². The van der Waals surface area contributed by atoms with Crippen molar-refractivity contribution in [2.45, 2.75) is 64.4 Å². The molecule has 0 bridgehead atoms. The van der Waals surface area contributed by atoms with Crippen LogP contribution in [-0.4, -0.2) is 38.9 Å². The monoisotopic (exact) mass is 414 g/mol. The minimum atomic E-state index is -4.58. The summed E-state index contributed by atoms with van der Waals surface area (Å²) in [6.45, 7) is 5.89. The van der Waals surface area contributed by atoms with Crippen molar-refractivity contribution in [1.82, 2.24) is 0 Å². The Kier molecular flexibility index (Phi) is 12.8. The highest BCUT2D eigenvalue weighted by Gasteiger charge is 2.18. The van der Waals surface area contributed by atoms with E-state index in [0.717, 1.165) is 6.42 Å². The van der Waals surface area contributed by atoms with Crippen LogP contribution in [0.1, 0.15) is 57.4 Å². The zero-order chi connectivity index (χ0) is 20.7. The Hall–Kier alpha value is -1.41. The van der Waals surface area contributed by atoms with Gasteiger partial charge in [0, 0.05) is 0 Å². The van der Waals surface area contributed by atoms with Crippen molar-refractivity contribution in [3.63, 3.8) is 0 Å². The fourth-order valence-corrected chi connectivity index (χ4v) is 3.24. The molecule has 0 fully saturated rings. The Bertz CT molecular complexity index is 627. The molecule has 1 unspecified atom stereocenters. The first kappa shape index (κ1) is 24.6. The number of rotatable bonds is 17. The van der Waals surface area contributed by atoms with Gasteiger partial charge in [-0.05, 0) is 30.5 Å². The molecule has 0 aliphatic heterocycles. The van der Waals surface area contributed by atoms with Gasteiger partial charge in [-0.25, -0.2) is 4.18 Å². The van der Waals surface area contributed by atoms with Gasteiger partial charge in [0.1, 0.15) is 18.5 Å². The van der Waals surface area contributed by atoms with Crippen molar-refractivity contribution in [3.8, 4) is 5.75 Å². The highest BCUT2D eigenvalue weighted by molar-refractivity contribution is 7.80. The average Bonchev–Trinajstić information content (AvgIpc) is 2.65. The van der Waals surface area contributed by atoms with E-state index in [4.69, 9.17) is 14.0 Å². The summed E-state index contributed by atoms with van der Waals surface area (Å²) in [5.74, 6) is 0.607. The van der Waals surface area contributed by atoms with Gasteiger partial charge in [-0.2, -0.15) is 8.42 Å². The molecule has 28 heavy (non-hydrogen) atoms. The molecule has 1 N–H and O–H groups in total. The Balaban J connectivity index is 2.35. The quantitative estimate of drug-likeness (QED) is 0.225. The molecule has 0 aliphatic carbocycles. The fraction of sp³-hybridized carbons (Fsp3) is 0.619. The van der Waals surface area contributed by atoms with Crippen molar-refractivity contribution in [2.75, 3.05) is 19.8 Å². The molecule has 1 rings (SSSR count). The molecule has 1 aromatic carbocycles. The summed E-state index contributed by atoms with van der Waals surface area (Å²) >= 11 is 0. The highest BCUT2D eigenvalue weighted by atomic mass is 32.3. The van der Waals surface area contributed by atoms with E-state index in [0.29, 0.717) is 5.75 Å². The van der Waals surface area contributed by atoms with E-state index in [-0.39, 0.29) is 19.8 Å². The molecule has 7 heteroatoms. The van der Waals surface area contributed by atoms with Gasteiger partial charge in [-0.15, -0.1) is 6.58 Å². The predicted molar refractivity (Wildman–Crippen MR) is 111 cm³/mol. The van der Waals surface area contributed by atoms with Crippen LogP contribution >= 0.6 is 0 Å². The lowest BCUT2D eigenvalue weighted by atomic mass is 10.0. The van der Waals surface area contributed by atoms with E-state index in [1.807, 2.05) is 24.3 Å². The maximum atomic E-state index is 10.9. The largest absolute Gasteiger partial charge is 0.491 e. The predicted octanol–water partition coefficient (Wildman–Crippen LogP) is 4.75. The Morgan fingerprint density at radius 2 is 1.68 bits per heavy atom. The maximum Gasteiger partial charge on any atom is 0.397 e. The van der Waals surface area contributed by atoms with Crippen LogP contribution in [0.2, 0.25) is 0 Å². The molecule has 0 spiro atoms. The van der Waals surface area contributed by atoms with Crippen LogP contribution in [0, 0.1) is 0 Å². The van der Waals surface area contributed by atoms with Gasteiger partial charge in [0.2, 0.25) is 0 Å². The third-order valence-electron chi connectivity index (χ3n) is 4.23. The summed E-state index contributed by atoms with van der Waals surface area (Å²) in [5, 5.41) is 0. The van der Waals surface area contributed by atoms with Gasteiger partial charge in [0.25, 0.3) is 0 Å². The molecule has 0 saturated heterocycles. The molecule has 0 heterocycles. The molecule has 0 radical (unpaired) electrons. The SMILES string of the molecule is C=CCOCC(COc1ccc(CCCCCCCCC)cc1)OS(=O)(=O)O. The molecule has 0 saturated carbocycles. The Morgan fingerprint density at radius 1 is 1.04 bits per heavy atom. The Labute approximate surface area is 169 Å². The van der Waals surface area contributed by atoms with Crippen LogP contribution in [-0.2, 0) is 25.7 Å². The molecular weight excluding hydrogens is 380 g/mol. The van der Waals surface area contributed by atoms with Gasteiger partial charge in [0.15, 0.2) is 0 Å². The highest BCUT2D eigenvalue weighted by Crippen LogP contribution is 2.16. The second kappa shape index (κ2) is 14.6. The summed E-state index contributed by atoms with van der Waals surface area (Å²) in [5.41, 5.74) is 1.25. The second-order valence-electron chi connectivity index (χ2n) is 6.80. The van der Waals surface area contributed by atoms with E-state index >= 15 is 0 Å². The van der Waals surface area contributed by atoms with Crippen LogP contribution in [0.25, 0.3) is 0 Å². The zero-order valence-electron chi connectivity index (χ0n) is 16.8. The van der Waals surface area contributed by atoms with Crippen LogP contribution in [0.15, 0.2) is 36.9 Å². The summed E-state index contributed by atoms with van der Waals surface area (Å²) in [7, 11) is -4.58. The van der Waals surface area contributed by atoms with Crippen molar-refractivity contribution < 1.29 is 26.6 Å². The van der Waals surface area contributed by atoms with E-state index < -0.39 is 16.5 Å². The summed E-state index contributed by atoms with van der Waals surface area (Å²) in [4.78, 5) is 0. The normalized spacial score (nSPS) is 12.6. The zero-order valence-corrected chi connectivity index (χ0v) is 17.7. The van der Waals surface area contributed by atoms with Crippen LogP contribution in [0.4, 0.5) is 0 Å². The van der Waals surface area contributed by atoms with Crippen molar-refractivity contribution in [1.29, 1.82) is 0 Å². The van der Waals surface area contributed by atoms with Crippen molar-refractivity contribution in [3.05, 3.63) is 42.5 Å². The van der Waals surface area contributed by atoms with E-state index in [9.17, 15) is 8.42 Å².